The number of phenols is 1. The maximum Gasteiger partial charge on any atom is 0.128 e. The molecule has 116 valence electrons. The van der Waals surface area contributed by atoms with Crippen LogP contribution >= 0.6 is 0 Å². The minimum absolute atomic E-state index is 0.376. The highest BCUT2D eigenvalue weighted by Gasteiger charge is 2.05. The van der Waals surface area contributed by atoms with Crippen LogP contribution in [0.1, 0.15) is 11.1 Å². The molecule has 0 unspecified atom stereocenters. The SMILES string of the molecule is CN(C)Cc1ccccc1O.c1ccc(C2=NCCN2)cc1. The molecule has 0 saturated carbocycles. The van der Waals surface area contributed by atoms with Gasteiger partial charge in [0, 0.05) is 24.2 Å². The van der Waals surface area contributed by atoms with Crippen LogP contribution in [-0.4, -0.2) is 43.0 Å². The quantitative estimate of drug-likeness (QED) is 0.915. The van der Waals surface area contributed by atoms with E-state index in [0.717, 1.165) is 31.0 Å². The van der Waals surface area contributed by atoms with Gasteiger partial charge in [-0.2, -0.15) is 0 Å². The van der Waals surface area contributed by atoms with Gasteiger partial charge < -0.3 is 15.3 Å². The second-order valence-corrected chi connectivity index (χ2v) is 5.39. The highest BCUT2D eigenvalue weighted by Crippen LogP contribution is 2.16. The average Bonchev–Trinajstić information content (AvgIpc) is 3.05. The third kappa shape index (κ3) is 4.90. The third-order valence-electron chi connectivity index (χ3n) is 3.20. The molecule has 0 aliphatic carbocycles. The van der Waals surface area contributed by atoms with Crippen molar-refractivity contribution in [2.24, 2.45) is 4.99 Å². The summed E-state index contributed by atoms with van der Waals surface area (Å²) in [5.41, 5.74) is 2.16. The van der Waals surface area contributed by atoms with Crippen LogP contribution in [0.4, 0.5) is 0 Å². The number of aromatic hydroxyl groups is 1. The number of nitrogens with zero attached hydrogens (tertiary/aromatic N) is 2. The van der Waals surface area contributed by atoms with Gasteiger partial charge in [0.1, 0.15) is 11.6 Å². The second kappa shape index (κ2) is 8.20. The fraction of sp³-hybridized carbons (Fsp3) is 0.278. The number of phenolic OH excluding ortho intramolecular Hbond substituents is 1. The standard InChI is InChI=1S/C9H10N2.C9H13NO/c1-2-4-8(5-3-1)9-10-6-7-11-9;1-10(2)7-8-5-3-4-6-9(8)11/h1-5H,6-7H2,(H,10,11);3-6,11H,7H2,1-2H3. The molecular formula is C18H23N3O. The Balaban J connectivity index is 0.000000160. The number of para-hydroxylation sites is 1. The molecule has 1 aliphatic rings. The zero-order chi connectivity index (χ0) is 15.8. The molecule has 0 bridgehead atoms. The first kappa shape index (κ1) is 16.0. The van der Waals surface area contributed by atoms with Gasteiger partial charge >= 0.3 is 0 Å². The van der Waals surface area contributed by atoms with Crippen LogP contribution in [-0.2, 0) is 6.54 Å². The number of benzene rings is 2. The summed E-state index contributed by atoms with van der Waals surface area (Å²) in [4.78, 5) is 6.33. The summed E-state index contributed by atoms with van der Waals surface area (Å²) >= 11 is 0. The predicted octanol–water partition coefficient (Wildman–Crippen LogP) is 2.49. The average molecular weight is 297 g/mol. The minimum atomic E-state index is 0.376. The molecular weight excluding hydrogens is 274 g/mol. The number of amidine groups is 1. The van der Waals surface area contributed by atoms with Crippen LogP contribution < -0.4 is 5.32 Å². The lowest BCUT2D eigenvalue weighted by Gasteiger charge is -2.10. The van der Waals surface area contributed by atoms with Gasteiger partial charge in [0.05, 0.1) is 6.54 Å². The van der Waals surface area contributed by atoms with E-state index in [1.807, 2.05) is 55.4 Å². The molecule has 1 aliphatic heterocycles. The molecule has 2 aromatic rings. The van der Waals surface area contributed by atoms with Crippen LogP contribution in [0.25, 0.3) is 0 Å². The molecule has 2 N–H and O–H groups in total. The van der Waals surface area contributed by atoms with Crippen LogP contribution in [0.15, 0.2) is 59.6 Å². The Bertz CT molecular complexity index is 609. The van der Waals surface area contributed by atoms with Crippen molar-refractivity contribution in [2.75, 3.05) is 27.2 Å². The highest BCUT2D eigenvalue weighted by molar-refractivity contribution is 5.99. The van der Waals surface area contributed by atoms with Crippen molar-refractivity contribution in [1.29, 1.82) is 0 Å². The summed E-state index contributed by atoms with van der Waals surface area (Å²) in [6.45, 7) is 2.67. The lowest BCUT2D eigenvalue weighted by atomic mass is 10.2. The number of nitrogens with one attached hydrogen (secondary N) is 1. The van der Waals surface area contributed by atoms with Gasteiger partial charge in [0.25, 0.3) is 0 Å². The van der Waals surface area contributed by atoms with Gasteiger partial charge in [-0.15, -0.1) is 0 Å². The van der Waals surface area contributed by atoms with E-state index >= 15 is 0 Å². The molecule has 0 fully saturated rings. The second-order valence-electron chi connectivity index (χ2n) is 5.39. The van der Waals surface area contributed by atoms with Crippen LogP contribution in [0.2, 0.25) is 0 Å². The van der Waals surface area contributed by atoms with Crippen molar-refractivity contribution in [3.05, 3.63) is 65.7 Å². The topological polar surface area (TPSA) is 47.9 Å². The normalized spacial score (nSPS) is 13.1. The Morgan fingerprint density at radius 1 is 1.05 bits per heavy atom. The first-order chi connectivity index (χ1) is 10.7. The van der Waals surface area contributed by atoms with Crippen molar-refractivity contribution in [2.45, 2.75) is 6.54 Å². The van der Waals surface area contributed by atoms with Gasteiger partial charge in [0.2, 0.25) is 0 Å². The molecule has 0 saturated heterocycles. The molecule has 4 nitrogen and oxygen atoms in total. The summed E-state index contributed by atoms with van der Waals surface area (Å²) in [7, 11) is 3.96. The molecule has 0 atom stereocenters. The van der Waals surface area contributed by atoms with E-state index in [-0.39, 0.29) is 0 Å². The van der Waals surface area contributed by atoms with E-state index in [9.17, 15) is 5.11 Å². The van der Waals surface area contributed by atoms with Crippen LogP contribution in [0, 0.1) is 0 Å². The van der Waals surface area contributed by atoms with Gasteiger partial charge in [-0.1, -0.05) is 48.5 Å². The Kier molecular flexibility index (Phi) is 5.98. The molecule has 0 spiro atoms. The Morgan fingerprint density at radius 3 is 2.32 bits per heavy atom. The zero-order valence-corrected chi connectivity index (χ0v) is 13.2. The minimum Gasteiger partial charge on any atom is -0.508 e. The monoisotopic (exact) mass is 297 g/mol. The van der Waals surface area contributed by atoms with Crippen LogP contribution in [0.5, 0.6) is 5.75 Å². The largest absolute Gasteiger partial charge is 0.508 e. The molecule has 0 aromatic heterocycles. The van der Waals surface area contributed by atoms with Gasteiger partial charge in [0.15, 0.2) is 0 Å². The lowest BCUT2D eigenvalue weighted by Crippen LogP contribution is -2.19. The number of rotatable bonds is 3. The van der Waals surface area contributed by atoms with Crippen molar-refractivity contribution in [3.63, 3.8) is 0 Å². The van der Waals surface area contributed by atoms with Crippen molar-refractivity contribution in [1.82, 2.24) is 10.2 Å². The number of hydrogen-bond donors (Lipinski definition) is 2. The fourth-order valence-corrected chi connectivity index (χ4v) is 2.17. The fourth-order valence-electron chi connectivity index (χ4n) is 2.17. The van der Waals surface area contributed by atoms with Gasteiger partial charge in [-0.25, -0.2) is 0 Å². The smallest absolute Gasteiger partial charge is 0.128 e. The maximum atomic E-state index is 9.33. The summed E-state index contributed by atoms with van der Waals surface area (Å²) in [6.07, 6.45) is 0. The van der Waals surface area contributed by atoms with E-state index < -0.39 is 0 Å². The van der Waals surface area contributed by atoms with Gasteiger partial charge in [-0.05, 0) is 20.2 Å². The van der Waals surface area contributed by atoms with Gasteiger partial charge in [-0.3, -0.25) is 4.99 Å². The van der Waals surface area contributed by atoms with E-state index in [2.05, 4.69) is 22.4 Å². The lowest BCUT2D eigenvalue weighted by molar-refractivity contribution is 0.386. The Labute approximate surface area is 132 Å². The summed E-state index contributed by atoms with van der Waals surface area (Å²) in [5, 5.41) is 12.6. The molecule has 22 heavy (non-hydrogen) atoms. The molecule has 3 rings (SSSR count). The molecule has 2 aromatic carbocycles. The first-order valence-corrected chi connectivity index (χ1v) is 7.42. The summed E-state index contributed by atoms with van der Waals surface area (Å²) < 4.78 is 0. The molecule has 1 heterocycles. The van der Waals surface area contributed by atoms with Crippen molar-refractivity contribution >= 4 is 5.84 Å². The summed E-state index contributed by atoms with van der Waals surface area (Å²) in [6, 6.07) is 17.6. The Morgan fingerprint density at radius 2 is 1.73 bits per heavy atom. The van der Waals surface area contributed by atoms with Crippen molar-refractivity contribution < 1.29 is 5.11 Å². The molecule has 4 heteroatoms. The molecule has 0 amide bonds. The predicted molar refractivity (Wildman–Crippen MR) is 91.3 cm³/mol. The first-order valence-electron chi connectivity index (χ1n) is 7.42. The maximum absolute atomic E-state index is 9.33. The number of aliphatic imine (C=N–C) groups is 1. The van der Waals surface area contributed by atoms with Crippen LogP contribution in [0.3, 0.4) is 0 Å². The van der Waals surface area contributed by atoms with E-state index in [4.69, 9.17) is 0 Å². The van der Waals surface area contributed by atoms with E-state index in [0.29, 0.717) is 5.75 Å². The highest BCUT2D eigenvalue weighted by atomic mass is 16.3. The van der Waals surface area contributed by atoms with Crippen molar-refractivity contribution in [3.8, 4) is 5.75 Å². The third-order valence-corrected chi connectivity index (χ3v) is 3.20. The van der Waals surface area contributed by atoms with E-state index in [1.54, 1.807) is 6.07 Å². The molecule has 0 radical (unpaired) electrons. The zero-order valence-electron chi connectivity index (χ0n) is 13.2. The Hall–Kier alpha value is -2.33. The van der Waals surface area contributed by atoms with E-state index in [1.165, 1.54) is 5.56 Å². The number of hydrogen-bond acceptors (Lipinski definition) is 4. The summed E-state index contributed by atoms with van der Waals surface area (Å²) in [5.74, 6) is 1.41.